The third-order valence-corrected chi connectivity index (χ3v) is 7.08. The van der Waals surface area contributed by atoms with Gasteiger partial charge in [0.15, 0.2) is 4.96 Å². The van der Waals surface area contributed by atoms with Crippen molar-refractivity contribution in [3.8, 4) is 0 Å². The molecule has 7 nitrogen and oxygen atoms in total. The highest BCUT2D eigenvalue weighted by atomic mass is 32.2. The van der Waals surface area contributed by atoms with Crippen LogP contribution in [0.15, 0.2) is 48.1 Å². The van der Waals surface area contributed by atoms with Crippen LogP contribution in [-0.2, 0) is 20.2 Å². The lowest BCUT2D eigenvalue weighted by Crippen LogP contribution is -2.46. The van der Waals surface area contributed by atoms with E-state index in [9.17, 15) is 13.2 Å². The number of imidazole rings is 1. The zero-order valence-corrected chi connectivity index (χ0v) is 17.9. The molecule has 1 aliphatic rings. The standard InChI is InChI=1S/C20H24N4O3S2/c1-29(26,27)21-10-7-18(25)23-11-8-20(9-12-23,16-5-3-2-4-6-16)17-15-24-13-14-28-19(24)22-17/h2-6,13-15,21H,7-12H2,1H3. The Labute approximate surface area is 174 Å². The molecule has 0 unspecified atom stereocenters. The average Bonchev–Trinajstić information content (AvgIpc) is 3.30. The maximum atomic E-state index is 12.5. The van der Waals surface area contributed by atoms with Crippen LogP contribution in [0.3, 0.4) is 0 Å². The fourth-order valence-electron chi connectivity index (χ4n) is 4.05. The number of thiazole rings is 1. The molecule has 1 saturated heterocycles. The van der Waals surface area contributed by atoms with Crippen molar-refractivity contribution in [2.24, 2.45) is 0 Å². The topological polar surface area (TPSA) is 83.8 Å². The summed E-state index contributed by atoms with van der Waals surface area (Å²) >= 11 is 1.61. The molecule has 154 valence electrons. The van der Waals surface area contributed by atoms with Crippen molar-refractivity contribution in [3.63, 3.8) is 0 Å². The summed E-state index contributed by atoms with van der Waals surface area (Å²) in [5, 5.41) is 2.02. The summed E-state index contributed by atoms with van der Waals surface area (Å²) in [7, 11) is -3.28. The Kier molecular flexibility index (Phi) is 5.46. The maximum absolute atomic E-state index is 12.5. The highest BCUT2D eigenvalue weighted by Crippen LogP contribution is 2.41. The van der Waals surface area contributed by atoms with E-state index < -0.39 is 10.0 Å². The summed E-state index contributed by atoms with van der Waals surface area (Å²) in [5.41, 5.74) is 2.03. The lowest BCUT2D eigenvalue weighted by atomic mass is 9.70. The van der Waals surface area contributed by atoms with Gasteiger partial charge in [-0.25, -0.2) is 18.1 Å². The van der Waals surface area contributed by atoms with Crippen LogP contribution >= 0.6 is 11.3 Å². The van der Waals surface area contributed by atoms with Gasteiger partial charge in [0.2, 0.25) is 15.9 Å². The number of carbonyl (C=O) groups excluding carboxylic acids is 1. The number of rotatable bonds is 6. The Bertz CT molecular complexity index is 1070. The molecule has 4 rings (SSSR count). The van der Waals surface area contributed by atoms with Gasteiger partial charge in [-0.1, -0.05) is 30.3 Å². The van der Waals surface area contributed by atoms with Crippen LogP contribution < -0.4 is 4.72 Å². The second kappa shape index (κ2) is 7.89. The number of nitrogens with zero attached hydrogens (tertiary/aromatic N) is 3. The summed E-state index contributed by atoms with van der Waals surface area (Å²) in [5.74, 6) is -0.0198. The maximum Gasteiger partial charge on any atom is 0.223 e. The van der Waals surface area contributed by atoms with E-state index >= 15 is 0 Å². The molecule has 29 heavy (non-hydrogen) atoms. The summed E-state index contributed by atoms with van der Waals surface area (Å²) < 4.78 is 26.8. The van der Waals surface area contributed by atoms with Crippen molar-refractivity contribution in [2.75, 3.05) is 25.9 Å². The molecule has 3 aromatic rings. The number of hydrogen-bond donors (Lipinski definition) is 1. The van der Waals surface area contributed by atoms with Gasteiger partial charge in [0.1, 0.15) is 0 Å². The van der Waals surface area contributed by atoms with E-state index in [2.05, 4.69) is 27.5 Å². The minimum Gasteiger partial charge on any atom is -0.343 e. The van der Waals surface area contributed by atoms with Gasteiger partial charge in [-0.3, -0.25) is 9.20 Å². The quantitative estimate of drug-likeness (QED) is 0.648. The summed E-state index contributed by atoms with van der Waals surface area (Å²) in [6, 6.07) is 10.4. The normalized spacial score (nSPS) is 16.9. The Morgan fingerprint density at radius 1 is 1.24 bits per heavy atom. The number of aromatic nitrogens is 2. The number of amides is 1. The van der Waals surface area contributed by atoms with Crippen LogP contribution in [0.5, 0.6) is 0 Å². The third-order valence-electron chi connectivity index (χ3n) is 5.58. The number of benzene rings is 1. The molecule has 0 bridgehead atoms. The van der Waals surface area contributed by atoms with E-state index in [0.29, 0.717) is 13.1 Å². The Hall–Kier alpha value is -2.23. The van der Waals surface area contributed by atoms with Crippen molar-refractivity contribution in [1.82, 2.24) is 19.0 Å². The average molecular weight is 433 g/mol. The van der Waals surface area contributed by atoms with E-state index in [0.717, 1.165) is 29.8 Å². The molecule has 0 radical (unpaired) electrons. The minimum absolute atomic E-state index is 0.0198. The number of nitrogens with one attached hydrogen (secondary N) is 1. The number of carbonyl (C=O) groups is 1. The van der Waals surface area contributed by atoms with Gasteiger partial charge in [0.25, 0.3) is 0 Å². The molecule has 1 fully saturated rings. The zero-order valence-electron chi connectivity index (χ0n) is 16.2. The molecule has 0 saturated carbocycles. The van der Waals surface area contributed by atoms with Crippen LogP contribution in [0.25, 0.3) is 4.96 Å². The van der Waals surface area contributed by atoms with Gasteiger partial charge in [0, 0.05) is 49.2 Å². The van der Waals surface area contributed by atoms with E-state index in [-0.39, 0.29) is 24.3 Å². The number of sulfonamides is 1. The van der Waals surface area contributed by atoms with Crippen LogP contribution in [0, 0.1) is 0 Å². The smallest absolute Gasteiger partial charge is 0.223 e. The SMILES string of the molecule is CS(=O)(=O)NCCC(=O)N1CCC(c2ccccc2)(c2cn3ccsc3n2)CC1. The first-order valence-electron chi connectivity index (χ1n) is 9.58. The molecule has 2 aromatic heterocycles. The minimum atomic E-state index is -3.28. The zero-order chi connectivity index (χ0) is 20.5. The third kappa shape index (κ3) is 4.22. The highest BCUT2D eigenvalue weighted by Gasteiger charge is 2.40. The molecule has 1 amide bonds. The molecule has 0 aliphatic carbocycles. The monoisotopic (exact) mass is 432 g/mol. The second-order valence-electron chi connectivity index (χ2n) is 7.46. The van der Waals surface area contributed by atoms with Crippen LogP contribution in [0.1, 0.15) is 30.5 Å². The van der Waals surface area contributed by atoms with Crippen molar-refractivity contribution in [1.29, 1.82) is 0 Å². The molecular weight excluding hydrogens is 408 g/mol. The fourth-order valence-corrected chi connectivity index (χ4v) is 5.22. The summed E-state index contributed by atoms with van der Waals surface area (Å²) in [4.78, 5) is 20.2. The Balaban J connectivity index is 1.53. The van der Waals surface area contributed by atoms with Gasteiger partial charge in [-0.15, -0.1) is 11.3 Å². The largest absolute Gasteiger partial charge is 0.343 e. The number of likely N-dealkylation sites (tertiary alicyclic amines) is 1. The van der Waals surface area contributed by atoms with Crippen LogP contribution in [-0.4, -0.2) is 54.5 Å². The molecule has 3 heterocycles. The van der Waals surface area contributed by atoms with Crippen LogP contribution in [0.2, 0.25) is 0 Å². The van der Waals surface area contributed by atoms with Crippen molar-refractivity contribution < 1.29 is 13.2 Å². The van der Waals surface area contributed by atoms with Crippen molar-refractivity contribution in [2.45, 2.75) is 24.7 Å². The predicted molar refractivity (Wildman–Crippen MR) is 114 cm³/mol. The second-order valence-corrected chi connectivity index (χ2v) is 10.2. The molecule has 1 aliphatic heterocycles. The molecule has 1 N–H and O–H groups in total. The van der Waals surface area contributed by atoms with Gasteiger partial charge < -0.3 is 4.90 Å². The first-order chi connectivity index (χ1) is 13.9. The number of piperidine rings is 1. The fraction of sp³-hybridized carbons (Fsp3) is 0.400. The van der Waals surface area contributed by atoms with Gasteiger partial charge >= 0.3 is 0 Å². The predicted octanol–water partition coefficient (Wildman–Crippen LogP) is 2.24. The van der Waals surface area contributed by atoms with E-state index in [4.69, 9.17) is 4.98 Å². The van der Waals surface area contributed by atoms with Gasteiger partial charge in [-0.05, 0) is 18.4 Å². The number of hydrogen-bond acceptors (Lipinski definition) is 5. The summed E-state index contributed by atoms with van der Waals surface area (Å²) in [6.07, 6.45) is 6.96. The van der Waals surface area contributed by atoms with Gasteiger partial charge in [0.05, 0.1) is 11.9 Å². The van der Waals surface area contributed by atoms with Crippen molar-refractivity contribution in [3.05, 3.63) is 59.4 Å². The molecule has 9 heteroatoms. The molecule has 0 atom stereocenters. The molecule has 0 spiro atoms. The Morgan fingerprint density at radius 2 is 1.97 bits per heavy atom. The molecular formula is C20H24N4O3S2. The first kappa shape index (κ1) is 20.1. The number of fused-ring (bicyclic) bond motifs is 1. The summed E-state index contributed by atoms with van der Waals surface area (Å²) in [6.45, 7) is 1.38. The lowest BCUT2D eigenvalue weighted by Gasteiger charge is -2.41. The van der Waals surface area contributed by atoms with Gasteiger partial charge in [-0.2, -0.15) is 0 Å². The van der Waals surface area contributed by atoms with Crippen molar-refractivity contribution >= 4 is 32.2 Å². The van der Waals surface area contributed by atoms with Crippen LogP contribution in [0.4, 0.5) is 0 Å². The lowest BCUT2D eigenvalue weighted by molar-refractivity contribution is -0.132. The first-order valence-corrected chi connectivity index (χ1v) is 12.4. The molecule has 1 aromatic carbocycles. The van der Waals surface area contributed by atoms with E-state index in [1.807, 2.05) is 34.7 Å². The van der Waals surface area contributed by atoms with E-state index in [1.165, 1.54) is 5.56 Å². The Morgan fingerprint density at radius 3 is 2.62 bits per heavy atom. The highest BCUT2D eigenvalue weighted by molar-refractivity contribution is 7.88. The van der Waals surface area contributed by atoms with E-state index in [1.54, 1.807) is 11.3 Å².